The average molecular weight is 426 g/mol. The van der Waals surface area contributed by atoms with Gasteiger partial charge in [-0.15, -0.1) is 0 Å². The lowest BCUT2D eigenvalue weighted by atomic mass is 10.1. The minimum absolute atomic E-state index is 0.0455. The molecule has 150 valence electrons. The van der Waals surface area contributed by atoms with E-state index in [1.807, 2.05) is 0 Å². The van der Waals surface area contributed by atoms with E-state index >= 15 is 0 Å². The largest absolute Gasteiger partial charge is 0.489 e. The molecule has 0 fully saturated rings. The molecule has 8 heteroatoms. The summed E-state index contributed by atoms with van der Waals surface area (Å²) in [5.74, 6) is 0.00588. The molecule has 0 radical (unpaired) electrons. The number of hydrogen-bond acceptors (Lipinski definition) is 5. The molecule has 4 rings (SSSR count). The van der Waals surface area contributed by atoms with Crippen LogP contribution < -0.4 is 9.47 Å². The highest BCUT2D eigenvalue weighted by molar-refractivity contribution is 6.31. The lowest BCUT2D eigenvalue weighted by Crippen LogP contribution is -1.99. The zero-order valence-electron chi connectivity index (χ0n) is 15.3. The van der Waals surface area contributed by atoms with Crippen LogP contribution in [0.15, 0.2) is 66.4 Å². The van der Waals surface area contributed by atoms with Gasteiger partial charge in [-0.05, 0) is 48.0 Å². The number of carbonyl (C=O) groups excluding carboxylic acids is 1. The maximum Gasteiger partial charge on any atom is 0.269 e. The highest BCUT2D eigenvalue weighted by Gasteiger charge is 2.27. The summed E-state index contributed by atoms with van der Waals surface area (Å²) in [6.07, 6.45) is 1.51. The summed E-state index contributed by atoms with van der Waals surface area (Å²) in [4.78, 5) is 22.8. The summed E-state index contributed by atoms with van der Waals surface area (Å²) >= 11 is 6.00. The first kappa shape index (κ1) is 19.6. The van der Waals surface area contributed by atoms with Crippen LogP contribution in [0.25, 0.3) is 6.08 Å². The first-order chi connectivity index (χ1) is 14.4. The van der Waals surface area contributed by atoms with Crippen molar-refractivity contribution in [1.29, 1.82) is 0 Å². The monoisotopic (exact) mass is 425 g/mol. The zero-order valence-corrected chi connectivity index (χ0v) is 16.1. The fourth-order valence-electron chi connectivity index (χ4n) is 2.93. The molecule has 0 amide bonds. The van der Waals surface area contributed by atoms with Crippen molar-refractivity contribution in [2.45, 2.75) is 6.61 Å². The normalized spacial score (nSPS) is 13.8. The van der Waals surface area contributed by atoms with Crippen molar-refractivity contribution in [2.24, 2.45) is 0 Å². The third-order valence-electron chi connectivity index (χ3n) is 4.49. The van der Waals surface area contributed by atoms with Gasteiger partial charge in [-0.1, -0.05) is 17.7 Å². The number of ketones is 1. The Kier molecular flexibility index (Phi) is 5.20. The summed E-state index contributed by atoms with van der Waals surface area (Å²) in [5.41, 5.74) is 1.13. The second-order valence-corrected chi connectivity index (χ2v) is 6.84. The van der Waals surface area contributed by atoms with E-state index in [0.29, 0.717) is 22.6 Å². The Hall–Kier alpha value is -3.71. The van der Waals surface area contributed by atoms with Gasteiger partial charge in [-0.3, -0.25) is 14.9 Å². The summed E-state index contributed by atoms with van der Waals surface area (Å²) in [6.45, 7) is -0.0796. The molecule has 0 N–H and O–H groups in total. The van der Waals surface area contributed by atoms with Crippen molar-refractivity contribution in [2.75, 3.05) is 0 Å². The molecule has 6 nitrogen and oxygen atoms in total. The first-order valence-electron chi connectivity index (χ1n) is 8.81. The molecule has 0 atom stereocenters. The maximum absolute atomic E-state index is 13.9. The van der Waals surface area contributed by atoms with E-state index in [2.05, 4.69) is 0 Å². The van der Waals surface area contributed by atoms with Gasteiger partial charge in [0.15, 0.2) is 5.76 Å². The lowest BCUT2D eigenvalue weighted by molar-refractivity contribution is -0.384. The number of non-ortho nitro benzene ring substituents is 1. The van der Waals surface area contributed by atoms with Gasteiger partial charge in [0.1, 0.15) is 23.9 Å². The van der Waals surface area contributed by atoms with E-state index in [4.69, 9.17) is 21.1 Å². The Morgan fingerprint density at radius 3 is 2.60 bits per heavy atom. The van der Waals surface area contributed by atoms with Crippen LogP contribution in [0.2, 0.25) is 5.02 Å². The Bertz CT molecular complexity index is 1170. The van der Waals surface area contributed by atoms with Crippen LogP contribution in [0.4, 0.5) is 10.1 Å². The second kappa shape index (κ2) is 7.96. The molecule has 0 aromatic heterocycles. The molecule has 1 heterocycles. The fourth-order valence-corrected chi connectivity index (χ4v) is 3.14. The number of nitro groups is 1. The van der Waals surface area contributed by atoms with Crippen molar-refractivity contribution < 1.29 is 23.6 Å². The third-order valence-corrected chi connectivity index (χ3v) is 4.84. The third kappa shape index (κ3) is 3.88. The number of fused-ring (bicyclic) bond motifs is 1. The topological polar surface area (TPSA) is 78.7 Å². The average Bonchev–Trinajstić information content (AvgIpc) is 3.03. The van der Waals surface area contributed by atoms with E-state index in [-0.39, 0.29) is 34.4 Å². The summed E-state index contributed by atoms with van der Waals surface area (Å²) in [6, 6.07) is 14.8. The van der Waals surface area contributed by atoms with Gasteiger partial charge in [-0.2, -0.15) is 0 Å². The number of allylic oxidation sites excluding steroid dienone is 1. The van der Waals surface area contributed by atoms with E-state index in [9.17, 15) is 19.3 Å². The van der Waals surface area contributed by atoms with E-state index in [0.717, 1.165) is 0 Å². The van der Waals surface area contributed by atoms with Crippen LogP contribution in [0, 0.1) is 15.9 Å². The molecule has 1 aliphatic heterocycles. The van der Waals surface area contributed by atoms with Crippen molar-refractivity contribution in [3.8, 4) is 11.5 Å². The van der Waals surface area contributed by atoms with E-state index in [1.165, 1.54) is 42.5 Å². The number of halogens is 2. The number of hydrogen-bond donors (Lipinski definition) is 0. The molecule has 0 saturated heterocycles. The minimum atomic E-state index is -0.500. The molecule has 3 aromatic carbocycles. The van der Waals surface area contributed by atoms with Crippen LogP contribution in [0.5, 0.6) is 11.5 Å². The van der Waals surface area contributed by atoms with Crippen LogP contribution >= 0.6 is 11.6 Å². The number of nitro benzene ring substituents is 1. The number of benzene rings is 3. The molecular weight excluding hydrogens is 413 g/mol. The smallest absolute Gasteiger partial charge is 0.269 e. The fraction of sp³-hybridized carbons (Fsp3) is 0.0455. The SMILES string of the molecule is O=C1/C(=C/c2ccc([N+](=O)[O-])cc2)Oc2cc(OCc3c(F)cccc3Cl)ccc21. The highest BCUT2D eigenvalue weighted by atomic mass is 35.5. The summed E-state index contributed by atoms with van der Waals surface area (Å²) < 4.78 is 25.1. The highest BCUT2D eigenvalue weighted by Crippen LogP contribution is 2.35. The Morgan fingerprint density at radius 1 is 1.13 bits per heavy atom. The van der Waals surface area contributed by atoms with Crippen molar-refractivity contribution >= 4 is 29.1 Å². The van der Waals surface area contributed by atoms with Crippen molar-refractivity contribution in [3.63, 3.8) is 0 Å². The van der Waals surface area contributed by atoms with Crippen LogP contribution in [-0.4, -0.2) is 10.7 Å². The van der Waals surface area contributed by atoms with E-state index in [1.54, 1.807) is 24.3 Å². The molecule has 0 unspecified atom stereocenters. The Morgan fingerprint density at radius 2 is 1.90 bits per heavy atom. The van der Waals surface area contributed by atoms with Gasteiger partial charge in [0.05, 0.1) is 15.5 Å². The standard InChI is InChI=1S/C22H13ClFNO5/c23-18-2-1-3-19(24)17(18)12-29-15-8-9-16-20(11-15)30-21(22(16)26)10-13-4-6-14(7-5-13)25(27)28/h1-11H,12H2/b21-10-. The van der Waals surface area contributed by atoms with Gasteiger partial charge in [0.2, 0.25) is 5.78 Å². The van der Waals surface area contributed by atoms with Crippen LogP contribution in [0.1, 0.15) is 21.5 Å². The van der Waals surface area contributed by atoms with Gasteiger partial charge in [-0.25, -0.2) is 4.39 Å². The molecular formula is C22H13ClFNO5. The van der Waals surface area contributed by atoms with Crippen LogP contribution in [0.3, 0.4) is 0 Å². The van der Waals surface area contributed by atoms with Gasteiger partial charge in [0, 0.05) is 23.8 Å². The molecule has 3 aromatic rings. The number of carbonyl (C=O) groups is 1. The summed E-state index contributed by atoms with van der Waals surface area (Å²) in [5, 5.41) is 11.0. The van der Waals surface area contributed by atoms with Crippen molar-refractivity contribution in [1.82, 2.24) is 0 Å². The predicted octanol–water partition coefficient (Wildman–Crippen LogP) is 5.58. The first-order valence-corrected chi connectivity index (χ1v) is 9.18. The minimum Gasteiger partial charge on any atom is -0.489 e. The maximum atomic E-state index is 13.9. The van der Waals surface area contributed by atoms with Crippen molar-refractivity contribution in [3.05, 3.63) is 104 Å². The second-order valence-electron chi connectivity index (χ2n) is 6.44. The predicted molar refractivity (Wildman–Crippen MR) is 108 cm³/mol. The number of Topliss-reactive ketones (excluding diaryl/α,β-unsaturated/α-hetero) is 1. The Balaban J connectivity index is 1.51. The van der Waals surface area contributed by atoms with Gasteiger partial charge < -0.3 is 9.47 Å². The van der Waals surface area contributed by atoms with Crippen LogP contribution in [-0.2, 0) is 6.61 Å². The quantitative estimate of drug-likeness (QED) is 0.303. The molecule has 0 bridgehead atoms. The zero-order chi connectivity index (χ0) is 21.3. The number of nitrogens with zero attached hydrogens (tertiary/aromatic N) is 1. The Labute approximate surface area is 175 Å². The number of rotatable bonds is 5. The molecule has 0 saturated carbocycles. The molecule has 0 aliphatic carbocycles. The lowest BCUT2D eigenvalue weighted by Gasteiger charge is -2.09. The van der Waals surface area contributed by atoms with Gasteiger partial charge >= 0.3 is 0 Å². The number of ether oxygens (including phenoxy) is 2. The van der Waals surface area contributed by atoms with Gasteiger partial charge in [0.25, 0.3) is 5.69 Å². The molecule has 1 aliphatic rings. The van der Waals surface area contributed by atoms with E-state index < -0.39 is 10.7 Å². The molecule has 30 heavy (non-hydrogen) atoms. The molecule has 0 spiro atoms. The summed E-state index contributed by atoms with van der Waals surface area (Å²) in [7, 11) is 0.